The molecule has 1 aliphatic heterocycles. The molecule has 3 rings (SSSR count). The second-order valence-corrected chi connectivity index (χ2v) is 4.96. The van der Waals surface area contributed by atoms with Gasteiger partial charge in [0.2, 0.25) is 0 Å². The van der Waals surface area contributed by atoms with Crippen molar-refractivity contribution in [3.8, 4) is 11.5 Å². The predicted octanol–water partition coefficient (Wildman–Crippen LogP) is 3.05. The van der Waals surface area contributed by atoms with Crippen molar-refractivity contribution in [3.63, 3.8) is 0 Å². The van der Waals surface area contributed by atoms with Gasteiger partial charge in [-0.05, 0) is 53.5 Å². The number of aliphatic hydroxyl groups excluding tert-OH is 1. The minimum Gasteiger partial charge on any atom is -0.497 e. The predicted molar refractivity (Wildman–Crippen MR) is 82.8 cm³/mol. The van der Waals surface area contributed by atoms with Crippen molar-refractivity contribution in [2.45, 2.75) is 6.42 Å². The van der Waals surface area contributed by atoms with E-state index in [4.69, 9.17) is 14.6 Å². The standard InChI is InChI=1S/C18H18O3/c1-20-15-5-3-14(4-6-15)16-9-11-21-18-7-2-13(8-10-19)12-17(16)18/h2-7,9,12,19H,8,10-11H2,1H3. The quantitative estimate of drug-likeness (QED) is 0.936. The van der Waals surface area contributed by atoms with Gasteiger partial charge >= 0.3 is 0 Å². The van der Waals surface area contributed by atoms with Crippen molar-refractivity contribution in [1.29, 1.82) is 0 Å². The molecule has 0 bridgehead atoms. The van der Waals surface area contributed by atoms with Crippen LogP contribution in [0.25, 0.3) is 5.57 Å². The Balaban J connectivity index is 2.00. The summed E-state index contributed by atoms with van der Waals surface area (Å²) in [4.78, 5) is 0. The van der Waals surface area contributed by atoms with Gasteiger partial charge in [-0.2, -0.15) is 0 Å². The highest BCUT2D eigenvalue weighted by Crippen LogP contribution is 2.35. The number of hydrogen-bond donors (Lipinski definition) is 1. The van der Waals surface area contributed by atoms with Crippen molar-refractivity contribution >= 4 is 5.57 Å². The lowest BCUT2D eigenvalue weighted by molar-refractivity contribution is 0.299. The highest BCUT2D eigenvalue weighted by atomic mass is 16.5. The number of hydrogen-bond acceptors (Lipinski definition) is 3. The van der Waals surface area contributed by atoms with E-state index in [1.165, 1.54) is 5.57 Å². The number of rotatable bonds is 4. The van der Waals surface area contributed by atoms with Crippen molar-refractivity contribution < 1.29 is 14.6 Å². The Hall–Kier alpha value is -2.26. The first-order chi connectivity index (χ1) is 10.3. The van der Waals surface area contributed by atoms with Gasteiger partial charge in [0.05, 0.1) is 7.11 Å². The van der Waals surface area contributed by atoms with Crippen molar-refractivity contribution in [2.75, 3.05) is 20.3 Å². The Bertz CT molecular complexity index is 657. The smallest absolute Gasteiger partial charge is 0.127 e. The monoisotopic (exact) mass is 282 g/mol. The zero-order chi connectivity index (χ0) is 14.7. The third-order valence-corrected chi connectivity index (χ3v) is 3.66. The molecule has 0 saturated carbocycles. The molecular weight excluding hydrogens is 264 g/mol. The molecule has 3 heteroatoms. The van der Waals surface area contributed by atoms with Gasteiger partial charge in [0.15, 0.2) is 0 Å². The molecule has 0 aromatic heterocycles. The van der Waals surface area contributed by atoms with Gasteiger partial charge < -0.3 is 14.6 Å². The number of ether oxygens (including phenoxy) is 2. The van der Waals surface area contributed by atoms with E-state index < -0.39 is 0 Å². The van der Waals surface area contributed by atoms with Crippen LogP contribution in [0.15, 0.2) is 48.5 Å². The van der Waals surface area contributed by atoms with Gasteiger partial charge in [0, 0.05) is 12.2 Å². The maximum absolute atomic E-state index is 9.10. The van der Waals surface area contributed by atoms with Crippen LogP contribution in [0.5, 0.6) is 11.5 Å². The third-order valence-electron chi connectivity index (χ3n) is 3.66. The summed E-state index contributed by atoms with van der Waals surface area (Å²) >= 11 is 0. The van der Waals surface area contributed by atoms with Gasteiger partial charge in [-0.3, -0.25) is 0 Å². The average Bonchev–Trinajstić information content (AvgIpc) is 2.55. The fourth-order valence-corrected chi connectivity index (χ4v) is 2.57. The fourth-order valence-electron chi connectivity index (χ4n) is 2.57. The minimum absolute atomic E-state index is 0.154. The first-order valence-electron chi connectivity index (χ1n) is 7.03. The average molecular weight is 282 g/mol. The van der Waals surface area contributed by atoms with Crippen molar-refractivity contribution in [1.82, 2.24) is 0 Å². The first-order valence-corrected chi connectivity index (χ1v) is 7.03. The lowest BCUT2D eigenvalue weighted by Crippen LogP contribution is -2.06. The van der Waals surface area contributed by atoms with Gasteiger partial charge in [-0.25, -0.2) is 0 Å². The zero-order valence-electron chi connectivity index (χ0n) is 12.0. The summed E-state index contributed by atoms with van der Waals surface area (Å²) in [7, 11) is 1.67. The van der Waals surface area contributed by atoms with Crippen molar-refractivity contribution in [3.05, 3.63) is 65.2 Å². The molecule has 108 valence electrons. The number of methoxy groups -OCH3 is 1. The molecule has 0 unspecified atom stereocenters. The van der Waals surface area contributed by atoms with Crippen LogP contribution in [0.3, 0.4) is 0 Å². The Labute approximate surface area is 124 Å². The lowest BCUT2D eigenvalue weighted by atomic mass is 9.93. The summed E-state index contributed by atoms with van der Waals surface area (Å²) in [6.07, 6.45) is 2.75. The van der Waals surface area contributed by atoms with E-state index >= 15 is 0 Å². The van der Waals surface area contributed by atoms with Crippen LogP contribution in [0, 0.1) is 0 Å². The topological polar surface area (TPSA) is 38.7 Å². The molecule has 0 spiro atoms. The van der Waals surface area contributed by atoms with Crippen molar-refractivity contribution in [2.24, 2.45) is 0 Å². The highest BCUT2D eigenvalue weighted by Gasteiger charge is 2.16. The molecular formula is C18H18O3. The molecule has 2 aromatic carbocycles. The third kappa shape index (κ3) is 2.78. The van der Waals surface area contributed by atoms with Crippen LogP contribution >= 0.6 is 0 Å². The SMILES string of the molecule is COc1ccc(C2=CCOc3ccc(CCO)cc32)cc1. The molecule has 0 aliphatic carbocycles. The molecule has 1 aliphatic rings. The normalized spacial score (nSPS) is 13.1. The van der Waals surface area contributed by atoms with Crippen LogP contribution in [0.2, 0.25) is 0 Å². The molecule has 0 amide bonds. The zero-order valence-corrected chi connectivity index (χ0v) is 12.0. The summed E-state index contributed by atoms with van der Waals surface area (Å²) in [6.45, 7) is 0.731. The van der Waals surface area contributed by atoms with E-state index in [9.17, 15) is 0 Å². The molecule has 2 aromatic rings. The number of benzene rings is 2. The van der Waals surface area contributed by atoms with Crippen LogP contribution in [-0.4, -0.2) is 25.4 Å². The second-order valence-electron chi connectivity index (χ2n) is 4.96. The Morgan fingerprint density at radius 2 is 1.95 bits per heavy atom. The summed E-state index contributed by atoms with van der Waals surface area (Å²) in [5.74, 6) is 1.74. The van der Waals surface area contributed by atoms with E-state index in [0.29, 0.717) is 13.0 Å². The Kier molecular flexibility index (Phi) is 3.93. The maximum Gasteiger partial charge on any atom is 0.127 e. The molecule has 21 heavy (non-hydrogen) atoms. The van der Waals surface area contributed by atoms with Crippen LogP contribution in [-0.2, 0) is 6.42 Å². The molecule has 0 radical (unpaired) electrons. The molecule has 1 N–H and O–H groups in total. The first kappa shape index (κ1) is 13.7. The maximum atomic E-state index is 9.10. The summed E-state index contributed by atoms with van der Waals surface area (Å²) in [5.41, 5.74) is 4.50. The van der Waals surface area contributed by atoms with Gasteiger partial charge in [-0.1, -0.05) is 18.2 Å². The minimum atomic E-state index is 0.154. The molecule has 0 saturated heterocycles. The second kappa shape index (κ2) is 6.02. The van der Waals surface area contributed by atoms with Gasteiger partial charge in [0.25, 0.3) is 0 Å². The molecule has 3 nitrogen and oxygen atoms in total. The highest BCUT2D eigenvalue weighted by molar-refractivity contribution is 5.84. The molecule has 0 atom stereocenters. The number of fused-ring (bicyclic) bond motifs is 1. The van der Waals surface area contributed by atoms with Crippen LogP contribution in [0.1, 0.15) is 16.7 Å². The van der Waals surface area contributed by atoms with E-state index in [0.717, 1.165) is 28.2 Å². The van der Waals surface area contributed by atoms with E-state index in [1.807, 2.05) is 24.3 Å². The van der Waals surface area contributed by atoms with E-state index in [-0.39, 0.29) is 6.61 Å². The van der Waals surface area contributed by atoms with Gasteiger partial charge in [0.1, 0.15) is 18.1 Å². The van der Waals surface area contributed by atoms with Crippen LogP contribution < -0.4 is 9.47 Å². The fraction of sp³-hybridized carbons (Fsp3) is 0.222. The molecule has 1 heterocycles. The summed E-state index contributed by atoms with van der Waals surface area (Å²) in [5, 5.41) is 9.10. The van der Waals surface area contributed by atoms with Gasteiger partial charge in [-0.15, -0.1) is 0 Å². The van der Waals surface area contributed by atoms with Crippen LogP contribution in [0.4, 0.5) is 0 Å². The molecule has 0 fully saturated rings. The van der Waals surface area contributed by atoms with E-state index in [2.05, 4.69) is 24.3 Å². The lowest BCUT2D eigenvalue weighted by Gasteiger charge is -2.20. The van der Waals surface area contributed by atoms with E-state index in [1.54, 1.807) is 7.11 Å². The summed E-state index contributed by atoms with van der Waals surface area (Å²) < 4.78 is 10.9. The summed E-state index contributed by atoms with van der Waals surface area (Å²) in [6, 6.07) is 14.1. The Morgan fingerprint density at radius 3 is 2.67 bits per heavy atom. The Morgan fingerprint density at radius 1 is 1.14 bits per heavy atom. The number of aliphatic hydroxyl groups is 1. The largest absolute Gasteiger partial charge is 0.497 e.